The number of alkyl halides is 3. The van der Waals surface area contributed by atoms with Crippen molar-refractivity contribution in [3.05, 3.63) is 89.0 Å². The first kappa shape index (κ1) is 40.2. The molecule has 1 aliphatic rings. The highest BCUT2D eigenvalue weighted by atomic mass is 19.4. The van der Waals surface area contributed by atoms with Crippen molar-refractivity contribution in [2.75, 3.05) is 0 Å². The molecule has 51 heavy (non-hydrogen) atoms. The summed E-state index contributed by atoms with van der Waals surface area (Å²) >= 11 is 0. The van der Waals surface area contributed by atoms with Crippen LogP contribution in [0.3, 0.4) is 0 Å². The zero-order valence-electron chi connectivity index (χ0n) is 30.7. The van der Waals surface area contributed by atoms with E-state index in [-0.39, 0.29) is 6.42 Å². The molecule has 7 heteroatoms. The van der Waals surface area contributed by atoms with Crippen LogP contribution in [0.1, 0.15) is 144 Å². The van der Waals surface area contributed by atoms with Gasteiger partial charge in [0.25, 0.3) is 0 Å². The number of ether oxygens (including phenoxy) is 2. The van der Waals surface area contributed by atoms with E-state index in [9.17, 15) is 22.8 Å². The van der Waals surface area contributed by atoms with Crippen molar-refractivity contribution in [2.45, 2.75) is 148 Å². The Hall–Kier alpha value is -3.61. The van der Waals surface area contributed by atoms with Crippen molar-refractivity contribution in [1.82, 2.24) is 0 Å². The lowest BCUT2D eigenvalue weighted by molar-refractivity contribution is -0.225. The summed E-state index contributed by atoms with van der Waals surface area (Å²) in [5, 5.41) is 0. The molecule has 3 aromatic carbocycles. The molecule has 0 saturated heterocycles. The minimum atomic E-state index is -4.58. The van der Waals surface area contributed by atoms with E-state index < -0.39 is 30.1 Å². The standard InChI is InChI=1S/C44H57F3O4/c1-3-5-7-9-10-11-12-13-14-15-17-33-19-21-34(22-20-33)35-23-25-36(26-24-35)42(48)50-40-30-29-37-31-39(28-27-38(37)32-40)43(49)51-41(44(45,46)47)18-16-8-6-4-2/h19-26,29-30,32,39,41H,3-18,27-28,31H2,1-2H3/t39?,41-/m1/s1. The van der Waals surface area contributed by atoms with E-state index in [0.717, 1.165) is 41.5 Å². The molecule has 278 valence electrons. The molecule has 1 unspecified atom stereocenters. The van der Waals surface area contributed by atoms with Gasteiger partial charge < -0.3 is 9.47 Å². The van der Waals surface area contributed by atoms with Crippen LogP contribution >= 0.6 is 0 Å². The van der Waals surface area contributed by atoms with Gasteiger partial charge >= 0.3 is 18.1 Å². The van der Waals surface area contributed by atoms with Gasteiger partial charge in [-0.1, -0.05) is 133 Å². The van der Waals surface area contributed by atoms with Gasteiger partial charge in [0.1, 0.15) is 5.75 Å². The largest absolute Gasteiger partial charge is 0.452 e. The van der Waals surface area contributed by atoms with E-state index in [1.165, 1.54) is 69.8 Å². The van der Waals surface area contributed by atoms with E-state index in [1.807, 2.05) is 19.1 Å². The van der Waals surface area contributed by atoms with Gasteiger partial charge in [0.2, 0.25) is 0 Å². The summed E-state index contributed by atoms with van der Waals surface area (Å²) in [5.74, 6) is -1.50. The average molecular weight is 707 g/mol. The Morgan fingerprint density at radius 1 is 0.706 bits per heavy atom. The van der Waals surface area contributed by atoms with Gasteiger partial charge in [0, 0.05) is 0 Å². The van der Waals surface area contributed by atoms with Crippen molar-refractivity contribution >= 4 is 11.9 Å². The van der Waals surface area contributed by atoms with Gasteiger partial charge in [-0.3, -0.25) is 4.79 Å². The SMILES string of the molecule is CCCCCCCCCCCCc1ccc(-c2ccc(C(=O)Oc3ccc4c(c3)CCC(C(=O)O[C@H](CCCCCC)C(F)(F)F)C4)cc2)cc1. The smallest absolute Gasteiger partial charge is 0.425 e. The molecular formula is C44H57F3O4. The number of esters is 2. The third-order valence-corrected chi connectivity index (χ3v) is 10.1. The molecule has 0 aromatic heterocycles. The zero-order valence-corrected chi connectivity index (χ0v) is 30.7. The third-order valence-electron chi connectivity index (χ3n) is 10.1. The molecule has 0 N–H and O–H groups in total. The first-order valence-corrected chi connectivity index (χ1v) is 19.5. The molecule has 1 aliphatic carbocycles. The van der Waals surface area contributed by atoms with Crippen molar-refractivity contribution in [1.29, 1.82) is 0 Å². The van der Waals surface area contributed by atoms with E-state index in [2.05, 4.69) is 31.2 Å². The van der Waals surface area contributed by atoms with Gasteiger partial charge in [-0.15, -0.1) is 0 Å². The lowest BCUT2D eigenvalue weighted by atomic mass is 9.84. The van der Waals surface area contributed by atoms with Crippen LogP contribution in [-0.2, 0) is 28.8 Å². The fourth-order valence-electron chi connectivity index (χ4n) is 6.92. The number of halogens is 3. The molecule has 0 amide bonds. The van der Waals surface area contributed by atoms with E-state index in [0.29, 0.717) is 43.4 Å². The molecule has 0 radical (unpaired) electrons. The molecule has 3 aromatic rings. The van der Waals surface area contributed by atoms with E-state index >= 15 is 0 Å². The van der Waals surface area contributed by atoms with Crippen LogP contribution in [0.2, 0.25) is 0 Å². The van der Waals surface area contributed by atoms with Gasteiger partial charge in [-0.25, -0.2) is 4.79 Å². The molecule has 0 saturated carbocycles. The summed E-state index contributed by atoms with van der Waals surface area (Å²) < 4.78 is 51.4. The Kier molecular flexibility index (Phi) is 16.6. The number of unbranched alkanes of at least 4 members (excludes halogenated alkanes) is 12. The molecule has 0 bridgehead atoms. The average Bonchev–Trinajstić information content (AvgIpc) is 3.13. The second-order valence-corrected chi connectivity index (χ2v) is 14.3. The topological polar surface area (TPSA) is 52.6 Å². The first-order valence-electron chi connectivity index (χ1n) is 19.5. The van der Waals surface area contributed by atoms with Crippen LogP contribution in [0, 0.1) is 5.92 Å². The molecule has 2 atom stereocenters. The van der Waals surface area contributed by atoms with E-state index in [1.54, 1.807) is 30.3 Å². The van der Waals surface area contributed by atoms with Crippen LogP contribution < -0.4 is 4.74 Å². The van der Waals surface area contributed by atoms with Gasteiger partial charge in [0.05, 0.1) is 11.5 Å². The van der Waals surface area contributed by atoms with Crippen molar-refractivity contribution in [3.63, 3.8) is 0 Å². The number of fused-ring (bicyclic) bond motifs is 1. The number of hydrogen-bond donors (Lipinski definition) is 0. The molecule has 0 aliphatic heterocycles. The number of aryl methyl sites for hydroxylation is 2. The Bertz CT molecular complexity index is 1480. The summed E-state index contributed by atoms with van der Waals surface area (Å²) in [7, 11) is 0. The van der Waals surface area contributed by atoms with Crippen molar-refractivity contribution < 1.29 is 32.2 Å². The fourth-order valence-corrected chi connectivity index (χ4v) is 6.92. The molecule has 0 heterocycles. The number of carbonyl (C=O) groups excluding carboxylic acids is 2. The lowest BCUT2D eigenvalue weighted by Gasteiger charge is -2.27. The van der Waals surface area contributed by atoms with Crippen LogP contribution in [0.4, 0.5) is 13.2 Å². The lowest BCUT2D eigenvalue weighted by Crippen LogP contribution is -2.37. The zero-order chi connectivity index (χ0) is 36.5. The minimum absolute atomic E-state index is 0.206. The normalized spacial score (nSPS) is 14.9. The van der Waals surface area contributed by atoms with Crippen molar-refractivity contribution in [3.8, 4) is 16.9 Å². The molecule has 4 nitrogen and oxygen atoms in total. The maximum atomic E-state index is 13.6. The molecule has 0 fully saturated rings. The van der Waals surface area contributed by atoms with Crippen LogP contribution in [0.25, 0.3) is 11.1 Å². The van der Waals surface area contributed by atoms with Crippen LogP contribution in [0.5, 0.6) is 5.75 Å². The number of rotatable bonds is 21. The summed E-state index contributed by atoms with van der Waals surface area (Å²) in [6, 6.07) is 21.3. The van der Waals surface area contributed by atoms with Crippen molar-refractivity contribution in [2.24, 2.45) is 5.92 Å². The minimum Gasteiger partial charge on any atom is -0.452 e. The Morgan fingerprint density at radius 2 is 1.27 bits per heavy atom. The maximum Gasteiger partial charge on any atom is 0.425 e. The number of benzene rings is 3. The van der Waals surface area contributed by atoms with Gasteiger partial charge in [-0.2, -0.15) is 13.2 Å². The fraction of sp³-hybridized carbons (Fsp3) is 0.545. The highest BCUT2D eigenvalue weighted by Crippen LogP contribution is 2.33. The Morgan fingerprint density at radius 3 is 1.88 bits per heavy atom. The summed E-state index contributed by atoms with van der Waals surface area (Å²) in [6.45, 7) is 4.25. The monoisotopic (exact) mass is 706 g/mol. The summed E-state index contributed by atoms with van der Waals surface area (Å²) in [4.78, 5) is 25.7. The second-order valence-electron chi connectivity index (χ2n) is 14.3. The predicted molar refractivity (Wildman–Crippen MR) is 199 cm³/mol. The van der Waals surface area contributed by atoms with Gasteiger partial charge in [0.15, 0.2) is 6.10 Å². The summed E-state index contributed by atoms with van der Waals surface area (Å²) in [5.41, 5.74) is 5.68. The predicted octanol–water partition coefficient (Wildman–Crippen LogP) is 12.6. The first-order chi connectivity index (χ1) is 24.7. The maximum absolute atomic E-state index is 13.6. The Labute approximate surface area is 303 Å². The number of hydrogen-bond acceptors (Lipinski definition) is 4. The highest BCUT2D eigenvalue weighted by molar-refractivity contribution is 5.91. The molecule has 4 rings (SSSR count). The molecular weight excluding hydrogens is 649 g/mol. The van der Waals surface area contributed by atoms with Crippen LogP contribution in [-0.4, -0.2) is 24.2 Å². The van der Waals surface area contributed by atoms with E-state index in [4.69, 9.17) is 9.47 Å². The quantitative estimate of drug-likeness (QED) is 0.0629. The second kappa shape index (κ2) is 21.0. The third kappa shape index (κ3) is 13.5. The van der Waals surface area contributed by atoms with Gasteiger partial charge in [-0.05, 0) is 97.0 Å². The Balaban J connectivity index is 1.21. The summed E-state index contributed by atoms with van der Waals surface area (Å²) in [6.07, 6.45) is 11.6. The number of carbonyl (C=O) groups is 2. The molecule has 0 spiro atoms. The van der Waals surface area contributed by atoms with Crippen LogP contribution in [0.15, 0.2) is 66.7 Å². The highest BCUT2D eigenvalue weighted by Gasteiger charge is 2.43.